The van der Waals surface area contributed by atoms with Crippen LogP contribution < -0.4 is 16.3 Å². The van der Waals surface area contributed by atoms with Crippen LogP contribution in [0.15, 0.2) is 63.9 Å². The van der Waals surface area contributed by atoms with Gasteiger partial charge in [0.15, 0.2) is 5.78 Å². The molecule has 2 aromatic carbocycles. The first kappa shape index (κ1) is 24.9. The van der Waals surface area contributed by atoms with E-state index in [0.29, 0.717) is 41.2 Å². The lowest BCUT2D eigenvalue weighted by Crippen LogP contribution is -2.35. The van der Waals surface area contributed by atoms with Gasteiger partial charge in [-0.05, 0) is 68.3 Å². The van der Waals surface area contributed by atoms with Crippen molar-refractivity contribution in [2.45, 2.75) is 32.9 Å². The molecule has 3 aromatic heterocycles. The second-order valence-electron chi connectivity index (χ2n) is 9.89. The van der Waals surface area contributed by atoms with Crippen molar-refractivity contribution in [2.75, 3.05) is 25.0 Å². The molecular formula is C29H28N6O4. The number of ketones is 1. The Morgan fingerprint density at radius 2 is 1.97 bits per heavy atom. The number of benzene rings is 2. The number of morpholine rings is 1. The first-order valence-electron chi connectivity index (χ1n) is 12.9. The molecule has 0 bridgehead atoms. The summed E-state index contributed by atoms with van der Waals surface area (Å²) in [6.45, 7) is 7.24. The molecule has 1 fully saturated rings. The van der Waals surface area contributed by atoms with Crippen LogP contribution in [0.25, 0.3) is 33.1 Å². The zero-order valence-corrected chi connectivity index (χ0v) is 21.9. The van der Waals surface area contributed by atoms with Gasteiger partial charge >= 0.3 is 5.63 Å². The van der Waals surface area contributed by atoms with Crippen LogP contribution in [0.4, 0.5) is 11.5 Å². The number of carbonyl (C=O) groups excluding carboxylic acids is 1. The van der Waals surface area contributed by atoms with Gasteiger partial charge in [0.05, 0.1) is 18.2 Å². The molecule has 2 N–H and O–H groups in total. The highest BCUT2D eigenvalue weighted by atomic mass is 16.5. The number of pyridine rings is 1. The third-order valence-electron chi connectivity index (χ3n) is 6.88. The lowest BCUT2D eigenvalue weighted by molar-refractivity contribution is 0.0277. The number of carbonyl (C=O) groups is 1. The summed E-state index contributed by atoms with van der Waals surface area (Å²) in [5, 5.41) is 15.8. The maximum Gasteiger partial charge on any atom is 0.347 e. The molecule has 0 saturated carbocycles. The Morgan fingerprint density at radius 3 is 2.74 bits per heavy atom. The molecule has 10 nitrogen and oxygen atoms in total. The highest BCUT2D eigenvalue weighted by molar-refractivity contribution is 6.00. The van der Waals surface area contributed by atoms with E-state index in [1.807, 2.05) is 41.1 Å². The molecule has 198 valence electrons. The van der Waals surface area contributed by atoms with Crippen molar-refractivity contribution in [3.63, 3.8) is 0 Å². The summed E-state index contributed by atoms with van der Waals surface area (Å²) < 4.78 is 13.4. The molecule has 0 aliphatic carbocycles. The lowest BCUT2D eigenvalue weighted by atomic mass is 9.96. The second kappa shape index (κ2) is 10.0. The van der Waals surface area contributed by atoms with Crippen molar-refractivity contribution in [3.8, 4) is 11.1 Å². The molecule has 1 atom stereocenters. The molecule has 4 heterocycles. The van der Waals surface area contributed by atoms with Crippen LogP contribution in [-0.2, 0) is 4.74 Å². The van der Waals surface area contributed by atoms with E-state index in [0.717, 1.165) is 28.7 Å². The molecular weight excluding hydrogens is 496 g/mol. The number of anilines is 2. The maximum absolute atomic E-state index is 12.8. The van der Waals surface area contributed by atoms with Gasteiger partial charge in [-0.15, -0.1) is 5.10 Å². The number of rotatable bonds is 6. The summed E-state index contributed by atoms with van der Waals surface area (Å²) in [6, 6.07) is 15.6. The van der Waals surface area contributed by atoms with E-state index in [1.54, 1.807) is 12.3 Å². The molecule has 5 aromatic rings. The van der Waals surface area contributed by atoms with Crippen molar-refractivity contribution < 1.29 is 13.9 Å². The van der Waals surface area contributed by atoms with Crippen LogP contribution >= 0.6 is 0 Å². The second-order valence-corrected chi connectivity index (χ2v) is 9.89. The monoisotopic (exact) mass is 524 g/mol. The number of fused-ring (bicyclic) bond motifs is 2. The SMILES string of the molecule is CC(=O)c1c(C2CNCCO2)c2ccc(Nc3cc(-c4ccc5nnn(C(C)C)c5c4)ccn3)cc2oc1=O. The van der Waals surface area contributed by atoms with Crippen LogP contribution in [0.3, 0.4) is 0 Å². The third-order valence-corrected chi connectivity index (χ3v) is 6.88. The van der Waals surface area contributed by atoms with E-state index in [2.05, 4.69) is 45.8 Å². The summed E-state index contributed by atoms with van der Waals surface area (Å²) in [6.07, 6.45) is 1.33. The van der Waals surface area contributed by atoms with Crippen LogP contribution in [0.1, 0.15) is 48.8 Å². The normalized spacial score (nSPS) is 15.7. The first-order valence-corrected chi connectivity index (χ1v) is 12.9. The molecule has 0 amide bonds. The number of nitrogens with one attached hydrogen (secondary N) is 2. The van der Waals surface area contributed by atoms with Gasteiger partial charge in [0, 0.05) is 48.0 Å². The van der Waals surface area contributed by atoms with Crippen LogP contribution in [0, 0.1) is 0 Å². The summed E-state index contributed by atoms with van der Waals surface area (Å²) in [4.78, 5) is 29.7. The van der Waals surface area contributed by atoms with Gasteiger partial charge in [-0.1, -0.05) is 11.3 Å². The molecule has 1 aliphatic rings. The van der Waals surface area contributed by atoms with Crippen LogP contribution in [0.5, 0.6) is 0 Å². The predicted molar refractivity (Wildman–Crippen MR) is 148 cm³/mol. The standard InChI is InChI=1S/C29H28N6O4/c1-16(2)35-23-12-18(4-7-22(23)33-34-35)19-8-9-31-26(13-19)32-20-5-6-21-24(14-20)39-29(37)27(17(3)36)28(21)25-15-30-10-11-38-25/h4-9,12-14,16,25,30H,10-11,15H2,1-3H3,(H,31,32). The third kappa shape index (κ3) is 4.68. The average Bonchev–Trinajstić information content (AvgIpc) is 3.36. The Bertz CT molecular complexity index is 1770. The predicted octanol–water partition coefficient (Wildman–Crippen LogP) is 4.79. The fourth-order valence-electron chi connectivity index (χ4n) is 5.04. The van der Waals surface area contributed by atoms with E-state index >= 15 is 0 Å². The topological polar surface area (TPSA) is 124 Å². The Balaban J connectivity index is 1.35. The summed E-state index contributed by atoms with van der Waals surface area (Å²) in [7, 11) is 0. The van der Waals surface area contributed by atoms with E-state index in [9.17, 15) is 9.59 Å². The Hall–Kier alpha value is -4.41. The number of ether oxygens (including phenoxy) is 1. The fourth-order valence-corrected chi connectivity index (χ4v) is 5.04. The number of hydrogen-bond acceptors (Lipinski definition) is 9. The van der Waals surface area contributed by atoms with E-state index in [1.165, 1.54) is 6.92 Å². The van der Waals surface area contributed by atoms with Crippen molar-refractivity contribution in [1.82, 2.24) is 25.3 Å². The lowest BCUT2D eigenvalue weighted by Gasteiger charge is -2.26. The minimum Gasteiger partial charge on any atom is -0.422 e. The van der Waals surface area contributed by atoms with Crippen molar-refractivity contribution >= 4 is 39.3 Å². The number of nitrogens with zero attached hydrogens (tertiary/aromatic N) is 4. The fraction of sp³-hybridized carbons (Fsp3) is 0.276. The van der Waals surface area contributed by atoms with Gasteiger partial charge in [0.2, 0.25) is 0 Å². The molecule has 10 heteroatoms. The Labute approximate surface area is 224 Å². The zero-order chi connectivity index (χ0) is 27.1. The Kier molecular flexibility index (Phi) is 6.41. The average molecular weight is 525 g/mol. The Morgan fingerprint density at radius 1 is 1.13 bits per heavy atom. The van der Waals surface area contributed by atoms with Crippen molar-refractivity contribution in [2.24, 2.45) is 0 Å². The van der Waals surface area contributed by atoms with Crippen molar-refractivity contribution in [3.05, 3.63) is 76.3 Å². The molecule has 1 unspecified atom stereocenters. The number of Topliss-reactive ketones (excluding diaryl/α,β-unsaturated/α-hetero) is 1. The molecule has 0 spiro atoms. The molecule has 1 saturated heterocycles. The van der Waals surface area contributed by atoms with Crippen LogP contribution in [-0.4, -0.2) is 45.5 Å². The van der Waals surface area contributed by atoms with Gasteiger partial charge in [-0.2, -0.15) is 0 Å². The number of aromatic nitrogens is 4. The van der Waals surface area contributed by atoms with E-state index < -0.39 is 11.7 Å². The quantitative estimate of drug-likeness (QED) is 0.238. The van der Waals surface area contributed by atoms with Gasteiger partial charge in [0.1, 0.15) is 22.5 Å². The minimum atomic E-state index is -0.665. The largest absolute Gasteiger partial charge is 0.422 e. The zero-order valence-electron chi connectivity index (χ0n) is 21.9. The first-order chi connectivity index (χ1) is 18.9. The van der Waals surface area contributed by atoms with Gasteiger partial charge in [0.25, 0.3) is 0 Å². The van der Waals surface area contributed by atoms with E-state index in [4.69, 9.17) is 9.15 Å². The number of hydrogen-bond donors (Lipinski definition) is 2. The van der Waals surface area contributed by atoms with Crippen molar-refractivity contribution in [1.29, 1.82) is 0 Å². The molecule has 1 aliphatic heterocycles. The summed E-state index contributed by atoms with van der Waals surface area (Å²) >= 11 is 0. The summed E-state index contributed by atoms with van der Waals surface area (Å²) in [5.41, 5.74) is 4.82. The molecule has 6 rings (SSSR count). The highest BCUT2D eigenvalue weighted by Crippen LogP contribution is 2.32. The van der Waals surface area contributed by atoms with Gasteiger partial charge < -0.3 is 19.8 Å². The maximum atomic E-state index is 12.8. The highest BCUT2D eigenvalue weighted by Gasteiger charge is 2.27. The smallest absolute Gasteiger partial charge is 0.347 e. The van der Waals surface area contributed by atoms with Crippen LogP contribution in [0.2, 0.25) is 0 Å². The summed E-state index contributed by atoms with van der Waals surface area (Å²) in [5.74, 6) is 0.286. The molecule has 39 heavy (non-hydrogen) atoms. The molecule has 0 radical (unpaired) electrons. The van der Waals surface area contributed by atoms with E-state index in [-0.39, 0.29) is 17.4 Å². The van der Waals surface area contributed by atoms with Gasteiger partial charge in [-0.3, -0.25) is 4.79 Å². The van der Waals surface area contributed by atoms with Gasteiger partial charge in [-0.25, -0.2) is 14.5 Å². The minimum absolute atomic E-state index is 0.0391.